The minimum Gasteiger partial charge on any atom is -0.507 e. The minimum absolute atomic E-state index is 0.107. The van der Waals surface area contributed by atoms with Crippen molar-refractivity contribution in [3.8, 4) is 17.0 Å². The highest BCUT2D eigenvalue weighted by Crippen LogP contribution is 2.29. The van der Waals surface area contributed by atoms with Crippen molar-refractivity contribution in [1.82, 2.24) is 15.1 Å². The second kappa shape index (κ2) is 7.92. The zero-order valence-corrected chi connectivity index (χ0v) is 16.0. The molecule has 0 radical (unpaired) electrons. The van der Waals surface area contributed by atoms with Crippen LogP contribution in [0.25, 0.3) is 11.3 Å². The normalized spacial score (nSPS) is 14.8. The molecule has 8 heteroatoms. The van der Waals surface area contributed by atoms with Gasteiger partial charge < -0.3 is 20.2 Å². The fourth-order valence-electron chi connectivity index (χ4n) is 3.33. The van der Waals surface area contributed by atoms with Gasteiger partial charge in [-0.1, -0.05) is 6.07 Å². The molecule has 1 aliphatic heterocycles. The van der Waals surface area contributed by atoms with E-state index in [1.54, 1.807) is 0 Å². The van der Waals surface area contributed by atoms with Crippen LogP contribution in [0.3, 0.4) is 0 Å². The fraction of sp³-hybridized carbons (Fsp3) is 0.238. The Bertz CT molecular complexity index is 1030. The first-order chi connectivity index (χ1) is 14.0. The van der Waals surface area contributed by atoms with Crippen molar-refractivity contribution < 1.29 is 14.3 Å². The van der Waals surface area contributed by atoms with Crippen molar-refractivity contribution in [2.45, 2.75) is 0 Å². The lowest BCUT2D eigenvalue weighted by Gasteiger charge is -2.34. The number of hydrogen-bond donors (Lipinski definition) is 3. The molecule has 4 rings (SSSR count). The number of hydrogen-bond acceptors (Lipinski definition) is 5. The number of piperazine rings is 1. The Kier molecular flexibility index (Phi) is 5.18. The molecule has 1 aromatic heterocycles. The van der Waals surface area contributed by atoms with E-state index in [0.29, 0.717) is 11.4 Å². The van der Waals surface area contributed by atoms with E-state index in [9.17, 15) is 14.3 Å². The summed E-state index contributed by atoms with van der Waals surface area (Å²) in [5.41, 5.74) is 2.46. The smallest absolute Gasteiger partial charge is 0.273 e. The summed E-state index contributed by atoms with van der Waals surface area (Å²) >= 11 is 0. The van der Waals surface area contributed by atoms with Gasteiger partial charge in [0.25, 0.3) is 5.91 Å². The number of nitrogens with one attached hydrogen (secondary N) is 2. The van der Waals surface area contributed by atoms with Crippen LogP contribution in [0.1, 0.15) is 10.5 Å². The van der Waals surface area contributed by atoms with Gasteiger partial charge >= 0.3 is 0 Å². The van der Waals surface area contributed by atoms with E-state index >= 15 is 0 Å². The standard InChI is InChI=1S/C21H22FN5O2/c1-26-7-9-27(10-8-26)16-4-2-3-15(12-16)23-21(29)19-13-18(24-25-19)17-11-14(22)5-6-20(17)28/h2-6,11-13,28H,7-10H2,1H3,(H,23,29)(H,24,25). The summed E-state index contributed by atoms with van der Waals surface area (Å²) in [6.45, 7) is 3.88. The van der Waals surface area contributed by atoms with Crippen LogP contribution in [0.15, 0.2) is 48.5 Å². The number of aromatic amines is 1. The monoisotopic (exact) mass is 395 g/mol. The number of nitrogens with zero attached hydrogens (tertiary/aromatic N) is 3. The number of rotatable bonds is 4. The average molecular weight is 395 g/mol. The summed E-state index contributed by atoms with van der Waals surface area (Å²) in [7, 11) is 2.11. The maximum Gasteiger partial charge on any atom is 0.273 e. The van der Waals surface area contributed by atoms with Gasteiger partial charge in [0.15, 0.2) is 0 Å². The lowest BCUT2D eigenvalue weighted by atomic mass is 10.1. The molecule has 0 unspecified atom stereocenters. The molecule has 0 spiro atoms. The summed E-state index contributed by atoms with van der Waals surface area (Å²) in [5.74, 6) is -0.965. The van der Waals surface area contributed by atoms with Gasteiger partial charge in [-0.15, -0.1) is 0 Å². The van der Waals surface area contributed by atoms with E-state index in [-0.39, 0.29) is 22.9 Å². The van der Waals surface area contributed by atoms with Gasteiger partial charge in [-0.3, -0.25) is 9.89 Å². The van der Waals surface area contributed by atoms with Gasteiger partial charge in [-0.2, -0.15) is 5.10 Å². The number of carbonyl (C=O) groups is 1. The maximum absolute atomic E-state index is 13.5. The van der Waals surface area contributed by atoms with E-state index in [4.69, 9.17) is 0 Å². The first kappa shape index (κ1) is 18.9. The van der Waals surface area contributed by atoms with Crippen molar-refractivity contribution in [3.63, 3.8) is 0 Å². The summed E-state index contributed by atoms with van der Waals surface area (Å²) < 4.78 is 13.5. The van der Waals surface area contributed by atoms with E-state index in [0.717, 1.165) is 37.9 Å². The third kappa shape index (κ3) is 4.22. The summed E-state index contributed by atoms with van der Waals surface area (Å²) in [5, 5.41) is 19.4. The Morgan fingerprint density at radius 3 is 2.72 bits per heavy atom. The van der Waals surface area contributed by atoms with Crippen molar-refractivity contribution >= 4 is 17.3 Å². The molecule has 1 saturated heterocycles. The van der Waals surface area contributed by atoms with Crippen molar-refractivity contribution in [3.05, 3.63) is 60.0 Å². The SMILES string of the molecule is CN1CCN(c2cccc(NC(=O)c3cc(-c4cc(F)ccc4O)n[nH]3)c2)CC1. The topological polar surface area (TPSA) is 84.5 Å². The van der Waals surface area contributed by atoms with Crippen molar-refractivity contribution in [2.75, 3.05) is 43.4 Å². The third-order valence-corrected chi connectivity index (χ3v) is 5.03. The number of anilines is 2. The Hall–Kier alpha value is -3.39. The zero-order valence-electron chi connectivity index (χ0n) is 16.0. The fourth-order valence-corrected chi connectivity index (χ4v) is 3.33. The first-order valence-electron chi connectivity index (χ1n) is 9.39. The second-order valence-electron chi connectivity index (χ2n) is 7.12. The van der Waals surface area contributed by atoms with E-state index in [1.807, 2.05) is 24.3 Å². The van der Waals surface area contributed by atoms with Crippen LogP contribution >= 0.6 is 0 Å². The van der Waals surface area contributed by atoms with Gasteiger partial charge in [0.05, 0.1) is 5.69 Å². The predicted molar refractivity (Wildman–Crippen MR) is 110 cm³/mol. The van der Waals surface area contributed by atoms with Crippen LogP contribution in [0.2, 0.25) is 0 Å². The summed E-state index contributed by atoms with van der Waals surface area (Å²) in [6.07, 6.45) is 0. The number of phenolic OH excluding ortho intramolecular Hbond substituents is 1. The average Bonchev–Trinajstić information content (AvgIpc) is 3.21. The number of benzene rings is 2. The molecule has 2 aromatic carbocycles. The summed E-state index contributed by atoms with van der Waals surface area (Å²) in [6, 6.07) is 12.8. The number of amides is 1. The van der Waals surface area contributed by atoms with Gasteiger partial charge in [-0.25, -0.2) is 4.39 Å². The number of carbonyl (C=O) groups excluding carboxylic acids is 1. The van der Waals surface area contributed by atoms with Gasteiger partial charge in [0.2, 0.25) is 0 Å². The van der Waals surface area contributed by atoms with Gasteiger partial charge in [-0.05, 0) is 49.5 Å². The Morgan fingerprint density at radius 2 is 1.93 bits per heavy atom. The van der Waals surface area contributed by atoms with E-state index in [1.165, 1.54) is 18.2 Å². The highest BCUT2D eigenvalue weighted by atomic mass is 19.1. The summed E-state index contributed by atoms with van der Waals surface area (Å²) in [4.78, 5) is 17.2. The zero-order chi connectivity index (χ0) is 20.4. The highest BCUT2D eigenvalue weighted by molar-refractivity contribution is 6.03. The second-order valence-corrected chi connectivity index (χ2v) is 7.12. The molecule has 3 aromatic rings. The minimum atomic E-state index is -0.493. The Balaban J connectivity index is 1.48. The molecule has 1 aliphatic rings. The molecule has 1 amide bonds. The molecular weight excluding hydrogens is 373 g/mol. The largest absolute Gasteiger partial charge is 0.507 e. The van der Waals surface area contributed by atoms with Crippen LogP contribution in [-0.2, 0) is 0 Å². The van der Waals surface area contributed by atoms with Gasteiger partial charge in [0, 0.05) is 43.1 Å². The van der Waals surface area contributed by atoms with Crippen molar-refractivity contribution in [2.24, 2.45) is 0 Å². The third-order valence-electron chi connectivity index (χ3n) is 5.03. The lowest BCUT2D eigenvalue weighted by molar-refractivity contribution is 0.102. The van der Waals surface area contributed by atoms with Crippen molar-refractivity contribution in [1.29, 1.82) is 0 Å². The molecule has 0 aliphatic carbocycles. The predicted octanol–water partition coefficient (Wildman–Crippen LogP) is 2.93. The molecule has 2 heterocycles. The molecule has 7 nitrogen and oxygen atoms in total. The molecule has 29 heavy (non-hydrogen) atoms. The molecule has 0 saturated carbocycles. The van der Waals surface area contributed by atoms with E-state index < -0.39 is 5.82 Å². The molecule has 0 atom stereocenters. The van der Waals surface area contributed by atoms with Crippen LogP contribution in [0.4, 0.5) is 15.8 Å². The molecule has 3 N–H and O–H groups in total. The molecular formula is C21H22FN5O2. The number of halogens is 1. The van der Waals surface area contributed by atoms with Gasteiger partial charge in [0.1, 0.15) is 17.3 Å². The van der Waals surface area contributed by atoms with Crippen LogP contribution in [-0.4, -0.2) is 59.3 Å². The van der Waals surface area contributed by atoms with Crippen LogP contribution in [0.5, 0.6) is 5.75 Å². The number of aromatic hydroxyl groups is 1. The van der Waals surface area contributed by atoms with Crippen LogP contribution in [0, 0.1) is 5.82 Å². The highest BCUT2D eigenvalue weighted by Gasteiger charge is 2.17. The molecule has 1 fully saturated rings. The van der Waals surface area contributed by atoms with Crippen LogP contribution < -0.4 is 10.2 Å². The Morgan fingerprint density at radius 1 is 1.14 bits per heavy atom. The number of H-pyrrole nitrogens is 1. The maximum atomic E-state index is 13.5. The number of phenols is 1. The molecule has 150 valence electrons. The first-order valence-corrected chi connectivity index (χ1v) is 9.39. The quantitative estimate of drug-likeness (QED) is 0.633. The lowest BCUT2D eigenvalue weighted by Crippen LogP contribution is -2.44. The number of aromatic nitrogens is 2. The Labute approximate surface area is 167 Å². The number of likely N-dealkylation sites (N-methyl/N-ethyl adjacent to an activating group) is 1. The van der Waals surface area contributed by atoms with E-state index in [2.05, 4.69) is 32.4 Å². The molecule has 0 bridgehead atoms.